The van der Waals surface area contributed by atoms with Gasteiger partial charge in [-0.2, -0.15) is 0 Å². The van der Waals surface area contributed by atoms with Crippen molar-refractivity contribution < 1.29 is 14.3 Å². The van der Waals surface area contributed by atoms with Gasteiger partial charge in [0.15, 0.2) is 0 Å². The van der Waals surface area contributed by atoms with Crippen molar-refractivity contribution in [1.82, 2.24) is 4.90 Å². The quantitative estimate of drug-likeness (QED) is 0.745. The molecule has 1 aromatic carbocycles. The summed E-state index contributed by atoms with van der Waals surface area (Å²) in [7, 11) is 0. The lowest BCUT2D eigenvalue weighted by Gasteiger charge is -2.31. The maximum atomic E-state index is 12.1. The lowest BCUT2D eigenvalue weighted by Crippen LogP contribution is -2.44. The predicted octanol–water partition coefficient (Wildman–Crippen LogP) is 3.57. The molecule has 2 saturated heterocycles. The first-order chi connectivity index (χ1) is 9.80. The number of likely N-dealkylation sites (tertiary alicyclic amines) is 1. The van der Waals surface area contributed by atoms with Gasteiger partial charge in [-0.3, -0.25) is 0 Å². The van der Waals surface area contributed by atoms with Crippen LogP contribution in [0, 0.1) is 0 Å². The van der Waals surface area contributed by atoms with Crippen molar-refractivity contribution in [3.05, 3.63) is 34.9 Å². The Labute approximate surface area is 130 Å². The number of carbonyl (C=O) groups is 1. The molecule has 3 rings (SSSR count). The van der Waals surface area contributed by atoms with E-state index in [1.165, 1.54) is 0 Å². The third-order valence-corrected chi connectivity index (χ3v) is 4.15. The van der Waals surface area contributed by atoms with Crippen LogP contribution in [0.25, 0.3) is 0 Å². The fourth-order valence-electron chi connectivity index (χ4n) is 2.86. The van der Waals surface area contributed by atoms with Crippen molar-refractivity contribution in [3.63, 3.8) is 0 Å². The predicted molar refractivity (Wildman–Crippen MR) is 80.4 cm³/mol. The third kappa shape index (κ3) is 2.87. The molecule has 0 bridgehead atoms. The Balaban J connectivity index is 1.67. The molecule has 2 atom stereocenters. The van der Waals surface area contributed by atoms with Gasteiger partial charge >= 0.3 is 6.09 Å². The van der Waals surface area contributed by atoms with E-state index in [9.17, 15) is 4.79 Å². The van der Waals surface area contributed by atoms with Crippen molar-refractivity contribution in [2.75, 3.05) is 13.1 Å². The molecule has 0 aromatic heterocycles. The summed E-state index contributed by atoms with van der Waals surface area (Å²) in [6, 6.07) is 7.78. The second kappa shape index (κ2) is 4.89. The van der Waals surface area contributed by atoms with Gasteiger partial charge in [-0.1, -0.05) is 23.7 Å². The Bertz CT molecular complexity index is 569. The highest BCUT2D eigenvalue weighted by Gasteiger charge is 2.60. The summed E-state index contributed by atoms with van der Waals surface area (Å²) in [6.45, 7) is 6.83. The molecule has 1 aromatic rings. The van der Waals surface area contributed by atoms with Gasteiger partial charge in [0.25, 0.3) is 0 Å². The first-order valence-corrected chi connectivity index (χ1v) is 7.60. The number of epoxide rings is 1. The number of fused-ring (bicyclic) bond motifs is 1. The van der Waals surface area contributed by atoms with Crippen molar-refractivity contribution in [3.8, 4) is 0 Å². The van der Waals surface area contributed by atoms with E-state index in [-0.39, 0.29) is 17.8 Å². The number of carbonyl (C=O) groups excluding carboxylic acids is 1. The molecule has 0 spiro atoms. The van der Waals surface area contributed by atoms with Crippen LogP contribution >= 0.6 is 11.6 Å². The summed E-state index contributed by atoms with van der Waals surface area (Å²) in [5.74, 6) is 0. The molecule has 2 aliphatic heterocycles. The van der Waals surface area contributed by atoms with Crippen LogP contribution in [-0.4, -0.2) is 35.8 Å². The van der Waals surface area contributed by atoms with E-state index < -0.39 is 5.60 Å². The number of ether oxygens (including phenoxy) is 2. The van der Waals surface area contributed by atoms with Crippen LogP contribution in [-0.2, 0) is 15.1 Å². The minimum Gasteiger partial charge on any atom is -0.444 e. The van der Waals surface area contributed by atoms with Crippen molar-refractivity contribution in [1.29, 1.82) is 0 Å². The molecule has 2 heterocycles. The summed E-state index contributed by atoms with van der Waals surface area (Å²) < 4.78 is 11.3. The summed E-state index contributed by atoms with van der Waals surface area (Å²) in [5, 5.41) is 0.714. The van der Waals surface area contributed by atoms with Crippen molar-refractivity contribution >= 4 is 17.7 Å². The van der Waals surface area contributed by atoms with Crippen molar-refractivity contribution in [2.24, 2.45) is 0 Å². The Morgan fingerprint density at radius 1 is 1.48 bits per heavy atom. The monoisotopic (exact) mass is 309 g/mol. The maximum absolute atomic E-state index is 12.1. The number of hydrogen-bond donors (Lipinski definition) is 0. The highest BCUT2D eigenvalue weighted by atomic mass is 35.5. The van der Waals surface area contributed by atoms with E-state index in [2.05, 4.69) is 0 Å². The van der Waals surface area contributed by atoms with E-state index in [4.69, 9.17) is 21.1 Å². The molecular formula is C16H20ClNO3. The number of benzene rings is 1. The molecule has 1 amide bonds. The Hall–Kier alpha value is -1.26. The normalized spacial score (nSPS) is 28.0. The number of amides is 1. The van der Waals surface area contributed by atoms with Crippen molar-refractivity contribution in [2.45, 2.75) is 44.5 Å². The molecule has 2 fully saturated rings. The zero-order valence-corrected chi connectivity index (χ0v) is 13.3. The van der Waals surface area contributed by atoms with Gasteiger partial charge in [0.2, 0.25) is 0 Å². The molecule has 0 radical (unpaired) electrons. The lowest BCUT2D eigenvalue weighted by atomic mass is 9.89. The molecule has 0 N–H and O–H groups in total. The molecule has 114 valence electrons. The standard InChI is InChI=1S/C16H20ClNO3/c1-15(2,3)21-14(19)18-8-7-16(13(10-18)20-16)11-5-4-6-12(17)9-11/h4-6,9,13H,7-8,10H2,1-3H3/t13-,16-/m0/s1. The minimum absolute atomic E-state index is 0.0391. The van der Waals surface area contributed by atoms with Crippen LogP contribution in [0.2, 0.25) is 5.02 Å². The summed E-state index contributed by atoms with van der Waals surface area (Å²) >= 11 is 6.06. The second-order valence-corrected chi connectivity index (χ2v) is 7.12. The molecular weight excluding hydrogens is 290 g/mol. The van der Waals surface area contributed by atoms with E-state index in [0.717, 1.165) is 12.0 Å². The average molecular weight is 310 g/mol. The molecule has 5 heteroatoms. The number of rotatable bonds is 1. The summed E-state index contributed by atoms with van der Waals surface area (Å²) in [6.07, 6.45) is 0.548. The topological polar surface area (TPSA) is 42.1 Å². The average Bonchev–Trinajstić information content (AvgIpc) is 3.11. The van der Waals surface area contributed by atoms with Crippen LogP contribution in [0.5, 0.6) is 0 Å². The maximum Gasteiger partial charge on any atom is 0.410 e. The first kappa shape index (κ1) is 14.7. The lowest BCUT2D eigenvalue weighted by molar-refractivity contribution is 0.0217. The number of piperidine rings is 1. The van der Waals surface area contributed by atoms with Gasteiger partial charge in [-0.15, -0.1) is 0 Å². The SMILES string of the molecule is CC(C)(C)OC(=O)N1CC[C@@]2(c3cccc(Cl)c3)O[C@H]2C1. The molecule has 0 unspecified atom stereocenters. The van der Waals surface area contributed by atoms with E-state index in [1.54, 1.807) is 4.90 Å². The third-order valence-electron chi connectivity index (χ3n) is 3.92. The zero-order chi connectivity index (χ0) is 15.3. The largest absolute Gasteiger partial charge is 0.444 e. The summed E-state index contributed by atoms with van der Waals surface area (Å²) in [5.41, 5.74) is 0.371. The first-order valence-electron chi connectivity index (χ1n) is 7.22. The summed E-state index contributed by atoms with van der Waals surface area (Å²) in [4.78, 5) is 13.8. The zero-order valence-electron chi connectivity index (χ0n) is 12.6. The number of halogens is 1. The van der Waals surface area contributed by atoms with E-state index in [0.29, 0.717) is 18.1 Å². The Kier molecular flexibility index (Phi) is 3.41. The van der Waals surface area contributed by atoms with E-state index >= 15 is 0 Å². The van der Waals surface area contributed by atoms with Gasteiger partial charge in [-0.05, 0) is 38.5 Å². The number of hydrogen-bond acceptors (Lipinski definition) is 3. The van der Waals surface area contributed by atoms with Gasteiger partial charge < -0.3 is 14.4 Å². The molecule has 4 nitrogen and oxygen atoms in total. The van der Waals surface area contributed by atoms with Crippen LogP contribution < -0.4 is 0 Å². The molecule has 0 saturated carbocycles. The molecule has 2 aliphatic rings. The van der Waals surface area contributed by atoms with Gasteiger partial charge in [-0.25, -0.2) is 4.79 Å². The Morgan fingerprint density at radius 2 is 2.24 bits per heavy atom. The smallest absolute Gasteiger partial charge is 0.410 e. The fourth-order valence-corrected chi connectivity index (χ4v) is 3.05. The fraction of sp³-hybridized carbons (Fsp3) is 0.562. The number of nitrogens with zero attached hydrogens (tertiary/aromatic N) is 1. The van der Waals surface area contributed by atoms with Gasteiger partial charge in [0.1, 0.15) is 17.3 Å². The highest BCUT2D eigenvalue weighted by molar-refractivity contribution is 6.30. The molecule has 21 heavy (non-hydrogen) atoms. The Morgan fingerprint density at radius 3 is 2.86 bits per heavy atom. The van der Waals surface area contributed by atoms with E-state index in [1.807, 2.05) is 45.0 Å². The van der Waals surface area contributed by atoms with Crippen LogP contribution in [0.1, 0.15) is 32.8 Å². The van der Waals surface area contributed by atoms with Gasteiger partial charge in [0, 0.05) is 18.0 Å². The van der Waals surface area contributed by atoms with Crippen LogP contribution in [0.3, 0.4) is 0 Å². The molecule has 0 aliphatic carbocycles. The van der Waals surface area contributed by atoms with Crippen LogP contribution in [0.15, 0.2) is 24.3 Å². The minimum atomic E-state index is -0.469. The highest BCUT2D eigenvalue weighted by Crippen LogP contribution is 2.52. The van der Waals surface area contributed by atoms with Crippen LogP contribution in [0.4, 0.5) is 4.79 Å². The van der Waals surface area contributed by atoms with Gasteiger partial charge in [0.05, 0.1) is 6.54 Å². The second-order valence-electron chi connectivity index (χ2n) is 6.68.